The summed E-state index contributed by atoms with van der Waals surface area (Å²) in [7, 11) is 0. The second-order valence-electron chi connectivity index (χ2n) is 8.33. The minimum atomic E-state index is 0.203. The predicted molar refractivity (Wildman–Crippen MR) is 118 cm³/mol. The Labute approximate surface area is 171 Å². The summed E-state index contributed by atoms with van der Waals surface area (Å²) in [5.41, 5.74) is 4.07. The monoisotopic (exact) mass is 380 g/mol. The first kappa shape index (κ1) is 20.9. The largest absolute Gasteiger partial charge is 0.489 e. The molecule has 0 aromatic heterocycles. The molecule has 152 valence electrons. The molecule has 3 rings (SSSR count). The van der Waals surface area contributed by atoms with E-state index in [2.05, 4.69) is 86.0 Å². The Morgan fingerprint density at radius 3 is 2.25 bits per heavy atom. The first-order valence-electron chi connectivity index (χ1n) is 10.8. The fourth-order valence-electron chi connectivity index (χ4n) is 3.94. The molecular formula is C25H36N2O. The van der Waals surface area contributed by atoms with E-state index in [-0.39, 0.29) is 6.10 Å². The van der Waals surface area contributed by atoms with Crippen molar-refractivity contribution < 1.29 is 4.74 Å². The normalized spacial score (nSPS) is 18.0. The third-order valence-electron chi connectivity index (χ3n) is 5.94. The zero-order valence-electron chi connectivity index (χ0n) is 18.0. The van der Waals surface area contributed by atoms with Gasteiger partial charge in [-0.15, -0.1) is 0 Å². The smallest absolute Gasteiger partial charge is 0.122 e. The highest BCUT2D eigenvalue weighted by atomic mass is 16.5. The van der Waals surface area contributed by atoms with Crippen molar-refractivity contribution in [1.29, 1.82) is 0 Å². The maximum atomic E-state index is 6.28. The van der Waals surface area contributed by atoms with Gasteiger partial charge in [-0.2, -0.15) is 0 Å². The van der Waals surface area contributed by atoms with Gasteiger partial charge in [0.1, 0.15) is 11.9 Å². The molecule has 2 atom stereocenters. The summed E-state index contributed by atoms with van der Waals surface area (Å²) in [6, 6.07) is 17.5. The van der Waals surface area contributed by atoms with Crippen LogP contribution >= 0.6 is 0 Å². The van der Waals surface area contributed by atoms with Crippen LogP contribution in [-0.4, -0.2) is 48.6 Å². The van der Waals surface area contributed by atoms with Crippen LogP contribution in [0.15, 0.2) is 48.5 Å². The summed E-state index contributed by atoms with van der Waals surface area (Å²) in [6.45, 7) is 15.4. The van der Waals surface area contributed by atoms with Crippen LogP contribution < -0.4 is 4.74 Å². The van der Waals surface area contributed by atoms with Gasteiger partial charge in [0.2, 0.25) is 0 Å². The van der Waals surface area contributed by atoms with Crippen molar-refractivity contribution in [3.8, 4) is 5.75 Å². The summed E-state index contributed by atoms with van der Waals surface area (Å²) >= 11 is 0. The van der Waals surface area contributed by atoms with Gasteiger partial charge in [-0.05, 0) is 48.9 Å². The lowest BCUT2D eigenvalue weighted by Crippen LogP contribution is -2.48. The average Bonchev–Trinajstić information content (AvgIpc) is 2.71. The maximum Gasteiger partial charge on any atom is 0.122 e. The van der Waals surface area contributed by atoms with Gasteiger partial charge < -0.3 is 4.74 Å². The summed E-state index contributed by atoms with van der Waals surface area (Å²) < 4.78 is 6.28. The molecule has 2 aromatic carbocycles. The Kier molecular flexibility index (Phi) is 7.52. The van der Waals surface area contributed by atoms with Crippen molar-refractivity contribution >= 4 is 0 Å². The van der Waals surface area contributed by atoms with Crippen LogP contribution in [-0.2, 0) is 6.54 Å². The summed E-state index contributed by atoms with van der Waals surface area (Å²) in [5.74, 6) is 1.64. The van der Waals surface area contributed by atoms with E-state index >= 15 is 0 Å². The second kappa shape index (κ2) is 10.1. The van der Waals surface area contributed by atoms with E-state index in [1.165, 1.54) is 23.1 Å². The van der Waals surface area contributed by atoms with Crippen molar-refractivity contribution in [2.24, 2.45) is 0 Å². The van der Waals surface area contributed by atoms with Crippen molar-refractivity contribution in [2.75, 3.05) is 32.7 Å². The molecule has 0 amide bonds. The van der Waals surface area contributed by atoms with Crippen molar-refractivity contribution in [3.05, 3.63) is 65.2 Å². The lowest BCUT2D eigenvalue weighted by atomic mass is 9.97. The Morgan fingerprint density at radius 2 is 1.61 bits per heavy atom. The molecule has 1 aliphatic heterocycles. The summed E-state index contributed by atoms with van der Waals surface area (Å²) in [5, 5.41) is 0. The fraction of sp³-hybridized carbons (Fsp3) is 0.520. The first-order valence-corrected chi connectivity index (χ1v) is 10.8. The molecule has 0 saturated carbocycles. The number of aryl methyl sites for hydroxylation is 1. The van der Waals surface area contributed by atoms with Crippen LogP contribution in [0.5, 0.6) is 5.75 Å². The molecule has 3 heteroatoms. The Balaban J connectivity index is 1.45. The number of nitrogens with zero attached hydrogens (tertiary/aromatic N) is 2. The Hall–Kier alpha value is -1.84. The van der Waals surface area contributed by atoms with Gasteiger partial charge in [0.05, 0.1) is 0 Å². The standard InChI is InChI=1S/C25H36N2O/c1-5-20(2)24-11-12-25(21(3)17-24)28-22(4)18-26-13-15-27(16-14-26)19-23-9-7-6-8-10-23/h6-12,17,20,22H,5,13-16,18-19H2,1-4H3. The molecular weight excluding hydrogens is 344 g/mol. The van der Waals surface area contributed by atoms with E-state index < -0.39 is 0 Å². The number of benzene rings is 2. The predicted octanol–water partition coefficient (Wildman–Crippen LogP) is 5.09. The van der Waals surface area contributed by atoms with Gasteiger partial charge in [-0.25, -0.2) is 0 Å². The van der Waals surface area contributed by atoms with E-state index in [0.29, 0.717) is 5.92 Å². The van der Waals surface area contributed by atoms with E-state index in [1.807, 2.05) is 0 Å². The van der Waals surface area contributed by atoms with E-state index in [0.717, 1.165) is 45.0 Å². The molecule has 28 heavy (non-hydrogen) atoms. The van der Waals surface area contributed by atoms with E-state index in [4.69, 9.17) is 4.74 Å². The minimum absolute atomic E-state index is 0.203. The highest BCUT2D eigenvalue weighted by Gasteiger charge is 2.19. The third-order valence-corrected chi connectivity index (χ3v) is 5.94. The van der Waals surface area contributed by atoms with Gasteiger partial charge in [0.25, 0.3) is 0 Å². The molecule has 0 aliphatic carbocycles. The minimum Gasteiger partial charge on any atom is -0.489 e. The molecule has 1 saturated heterocycles. The lowest BCUT2D eigenvalue weighted by Gasteiger charge is -2.36. The first-order chi connectivity index (χ1) is 13.5. The van der Waals surface area contributed by atoms with Gasteiger partial charge in [0, 0.05) is 39.3 Å². The number of rotatable bonds is 8. The molecule has 0 N–H and O–H groups in total. The van der Waals surface area contributed by atoms with Crippen molar-refractivity contribution in [1.82, 2.24) is 9.80 Å². The highest BCUT2D eigenvalue weighted by molar-refractivity contribution is 5.37. The third kappa shape index (κ3) is 5.83. The Morgan fingerprint density at radius 1 is 0.929 bits per heavy atom. The van der Waals surface area contributed by atoms with Crippen LogP contribution in [0.1, 0.15) is 49.8 Å². The molecule has 3 nitrogen and oxygen atoms in total. The van der Waals surface area contributed by atoms with Crippen LogP contribution in [0.3, 0.4) is 0 Å². The Bertz CT molecular complexity index is 723. The van der Waals surface area contributed by atoms with Crippen LogP contribution in [0, 0.1) is 6.92 Å². The van der Waals surface area contributed by atoms with E-state index in [9.17, 15) is 0 Å². The number of hydrogen-bond donors (Lipinski definition) is 0. The SMILES string of the molecule is CCC(C)c1ccc(OC(C)CN2CCN(Cc3ccccc3)CC2)c(C)c1. The van der Waals surface area contributed by atoms with Crippen LogP contribution in [0.2, 0.25) is 0 Å². The molecule has 1 heterocycles. The summed E-state index contributed by atoms with van der Waals surface area (Å²) in [4.78, 5) is 5.09. The molecule has 2 unspecified atom stereocenters. The van der Waals surface area contributed by atoms with E-state index in [1.54, 1.807) is 0 Å². The van der Waals surface area contributed by atoms with Crippen molar-refractivity contribution in [2.45, 2.75) is 52.7 Å². The van der Waals surface area contributed by atoms with Crippen LogP contribution in [0.4, 0.5) is 0 Å². The zero-order valence-corrected chi connectivity index (χ0v) is 18.0. The number of ether oxygens (including phenoxy) is 1. The zero-order chi connectivity index (χ0) is 19.9. The lowest BCUT2D eigenvalue weighted by molar-refractivity contribution is 0.0871. The van der Waals surface area contributed by atoms with Crippen LogP contribution in [0.25, 0.3) is 0 Å². The quantitative estimate of drug-likeness (QED) is 0.634. The average molecular weight is 381 g/mol. The molecule has 0 spiro atoms. The van der Waals surface area contributed by atoms with Gasteiger partial charge in [-0.3, -0.25) is 9.80 Å². The highest BCUT2D eigenvalue weighted by Crippen LogP contribution is 2.26. The molecule has 1 fully saturated rings. The topological polar surface area (TPSA) is 15.7 Å². The summed E-state index contributed by atoms with van der Waals surface area (Å²) in [6.07, 6.45) is 1.38. The number of hydrogen-bond acceptors (Lipinski definition) is 3. The fourth-order valence-corrected chi connectivity index (χ4v) is 3.94. The van der Waals surface area contributed by atoms with Gasteiger partial charge in [0.15, 0.2) is 0 Å². The van der Waals surface area contributed by atoms with Gasteiger partial charge in [-0.1, -0.05) is 56.3 Å². The molecule has 1 aliphatic rings. The molecule has 2 aromatic rings. The number of piperazine rings is 1. The molecule has 0 bridgehead atoms. The molecule has 0 radical (unpaired) electrons. The second-order valence-corrected chi connectivity index (χ2v) is 8.33. The van der Waals surface area contributed by atoms with Gasteiger partial charge >= 0.3 is 0 Å². The van der Waals surface area contributed by atoms with Crippen molar-refractivity contribution in [3.63, 3.8) is 0 Å². The maximum absolute atomic E-state index is 6.28.